The number of rotatable bonds is 3. The zero-order valence-corrected chi connectivity index (χ0v) is 13.2. The fraction of sp³-hybridized carbons (Fsp3) is 0.316. The van der Waals surface area contributed by atoms with Crippen LogP contribution in [0.25, 0.3) is 22.2 Å². The van der Waals surface area contributed by atoms with Crippen molar-refractivity contribution in [2.45, 2.75) is 33.1 Å². The SMILES string of the molecule is CCc1cc(-c2cccn2C)c2nccc(C(C)C)c2c1. The molecular formula is C19H22N2. The standard InChI is InChI=1S/C19H22N2/c1-5-14-11-16-15(13(2)3)8-9-20-19(16)17(12-14)18-7-6-10-21(18)4/h6-13H,5H2,1-4H3. The summed E-state index contributed by atoms with van der Waals surface area (Å²) in [4.78, 5) is 4.68. The van der Waals surface area contributed by atoms with Crippen molar-refractivity contribution >= 4 is 10.9 Å². The lowest BCUT2D eigenvalue weighted by Crippen LogP contribution is -1.97. The first-order chi connectivity index (χ1) is 10.1. The third-order valence-electron chi connectivity index (χ3n) is 4.19. The third-order valence-corrected chi connectivity index (χ3v) is 4.19. The van der Waals surface area contributed by atoms with E-state index >= 15 is 0 Å². The van der Waals surface area contributed by atoms with E-state index in [9.17, 15) is 0 Å². The van der Waals surface area contributed by atoms with Crippen LogP contribution in [0.5, 0.6) is 0 Å². The van der Waals surface area contributed by atoms with E-state index in [2.05, 4.69) is 73.9 Å². The van der Waals surface area contributed by atoms with Crippen LogP contribution in [-0.4, -0.2) is 9.55 Å². The molecule has 2 nitrogen and oxygen atoms in total. The molecule has 108 valence electrons. The largest absolute Gasteiger partial charge is 0.351 e. The molecule has 0 saturated heterocycles. The van der Waals surface area contributed by atoms with E-state index in [1.54, 1.807) is 0 Å². The van der Waals surface area contributed by atoms with Crippen molar-refractivity contribution in [1.82, 2.24) is 9.55 Å². The Labute approximate surface area is 126 Å². The second-order valence-corrected chi connectivity index (χ2v) is 5.95. The molecule has 0 aliphatic heterocycles. The maximum atomic E-state index is 4.68. The summed E-state index contributed by atoms with van der Waals surface area (Å²) in [7, 11) is 2.09. The van der Waals surface area contributed by atoms with Gasteiger partial charge in [-0.2, -0.15) is 0 Å². The fourth-order valence-corrected chi connectivity index (χ4v) is 2.98. The van der Waals surface area contributed by atoms with Gasteiger partial charge in [0.25, 0.3) is 0 Å². The van der Waals surface area contributed by atoms with Gasteiger partial charge < -0.3 is 4.57 Å². The minimum Gasteiger partial charge on any atom is -0.351 e. The fourth-order valence-electron chi connectivity index (χ4n) is 2.98. The topological polar surface area (TPSA) is 17.8 Å². The summed E-state index contributed by atoms with van der Waals surface area (Å²) in [5, 5.41) is 1.29. The molecule has 0 unspecified atom stereocenters. The van der Waals surface area contributed by atoms with Gasteiger partial charge in [-0.3, -0.25) is 4.98 Å². The molecule has 0 saturated carbocycles. The summed E-state index contributed by atoms with van der Waals surface area (Å²) < 4.78 is 2.16. The Kier molecular flexibility index (Phi) is 3.54. The molecule has 0 fully saturated rings. The Hall–Kier alpha value is -2.09. The van der Waals surface area contributed by atoms with Crippen LogP contribution in [0.15, 0.2) is 42.7 Å². The van der Waals surface area contributed by atoms with E-state index in [1.807, 2.05) is 6.20 Å². The smallest absolute Gasteiger partial charge is 0.0798 e. The van der Waals surface area contributed by atoms with Crippen molar-refractivity contribution in [3.63, 3.8) is 0 Å². The van der Waals surface area contributed by atoms with E-state index in [1.165, 1.54) is 27.8 Å². The molecule has 3 rings (SSSR count). The number of nitrogens with zero attached hydrogens (tertiary/aromatic N) is 2. The van der Waals surface area contributed by atoms with E-state index < -0.39 is 0 Å². The molecule has 0 spiro atoms. The first-order valence-electron chi connectivity index (χ1n) is 7.65. The van der Waals surface area contributed by atoms with Gasteiger partial charge in [0.05, 0.1) is 5.52 Å². The number of hydrogen-bond acceptors (Lipinski definition) is 1. The van der Waals surface area contributed by atoms with Crippen molar-refractivity contribution in [1.29, 1.82) is 0 Å². The van der Waals surface area contributed by atoms with Gasteiger partial charge in [-0.1, -0.05) is 20.8 Å². The average molecular weight is 278 g/mol. The number of fused-ring (bicyclic) bond motifs is 1. The molecule has 2 heterocycles. The zero-order valence-electron chi connectivity index (χ0n) is 13.2. The van der Waals surface area contributed by atoms with Crippen LogP contribution < -0.4 is 0 Å². The summed E-state index contributed by atoms with van der Waals surface area (Å²) in [6.45, 7) is 6.70. The Morgan fingerprint density at radius 1 is 1.19 bits per heavy atom. The van der Waals surface area contributed by atoms with Crippen LogP contribution in [0.1, 0.15) is 37.8 Å². The molecule has 0 aliphatic carbocycles. The van der Waals surface area contributed by atoms with E-state index in [0.717, 1.165) is 11.9 Å². The van der Waals surface area contributed by atoms with Gasteiger partial charge in [0, 0.05) is 36.1 Å². The van der Waals surface area contributed by atoms with Crippen LogP contribution in [0.3, 0.4) is 0 Å². The molecule has 0 bridgehead atoms. The molecule has 0 amide bonds. The van der Waals surface area contributed by atoms with Crippen molar-refractivity contribution in [3.05, 3.63) is 53.9 Å². The van der Waals surface area contributed by atoms with Gasteiger partial charge in [0.1, 0.15) is 0 Å². The first-order valence-corrected chi connectivity index (χ1v) is 7.65. The molecule has 0 N–H and O–H groups in total. The highest BCUT2D eigenvalue weighted by molar-refractivity contribution is 5.95. The zero-order chi connectivity index (χ0) is 15.0. The second kappa shape index (κ2) is 5.36. The number of benzene rings is 1. The van der Waals surface area contributed by atoms with Gasteiger partial charge >= 0.3 is 0 Å². The Morgan fingerprint density at radius 2 is 2.00 bits per heavy atom. The van der Waals surface area contributed by atoms with Gasteiger partial charge in [-0.15, -0.1) is 0 Å². The number of hydrogen-bond donors (Lipinski definition) is 0. The molecule has 0 aliphatic rings. The molecule has 2 aromatic heterocycles. The summed E-state index contributed by atoms with van der Waals surface area (Å²) in [6.07, 6.45) is 5.07. The van der Waals surface area contributed by atoms with Gasteiger partial charge in [-0.25, -0.2) is 0 Å². The highest BCUT2D eigenvalue weighted by Crippen LogP contribution is 2.33. The quantitative estimate of drug-likeness (QED) is 0.664. The summed E-state index contributed by atoms with van der Waals surface area (Å²) in [5.74, 6) is 0.504. The number of aryl methyl sites for hydroxylation is 2. The number of aromatic nitrogens is 2. The highest BCUT2D eigenvalue weighted by Gasteiger charge is 2.13. The molecule has 3 aromatic rings. The summed E-state index contributed by atoms with van der Waals surface area (Å²) in [5.41, 5.74) is 6.32. The lowest BCUT2D eigenvalue weighted by Gasteiger charge is -2.14. The molecule has 21 heavy (non-hydrogen) atoms. The van der Waals surface area contributed by atoms with Gasteiger partial charge in [-0.05, 0) is 53.8 Å². The maximum absolute atomic E-state index is 4.68. The Morgan fingerprint density at radius 3 is 2.62 bits per heavy atom. The lowest BCUT2D eigenvalue weighted by molar-refractivity contribution is 0.874. The minimum atomic E-state index is 0.504. The first kappa shape index (κ1) is 13.9. The minimum absolute atomic E-state index is 0.504. The maximum Gasteiger partial charge on any atom is 0.0798 e. The monoisotopic (exact) mass is 278 g/mol. The molecular weight excluding hydrogens is 256 g/mol. The molecule has 0 radical (unpaired) electrons. The van der Waals surface area contributed by atoms with E-state index in [0.29, 0.717) is 5.92 Å². The van der Waals surface area contributed by atoms with Gasteiger partial charge in [0.15, 0.2) is 0 Å². The molecule has 0 atom stereocenters. The van der Waals surface area contributed by atoms with Crippen LogP contribution in [-0.2, 0) is 13.5 Å². The van der Waals surface area contributed by atoms with Crippen molar-refractivity contribution in [3.8, 4) is 11.3 Å². The summed E-state index contributed by atoms with van der Waals surface area (Å²) >= 11 is 0. The van der Waals surface area contributed by atoms with Crippen molar-refractivity contribution in [2.24, 2.45) is 7.05 Å². The van der Waals surface area contributed by atoms with Crippen molar-refractivity contribution < 1.29 is 0 Å². The predicted octanol–water partition coefficient (Wildman–Crippen LogP) is 4.93. The number of pyridine rings is 1. The highest BCUT2D eigenvalue weighted by atomic mass is 14.9. The van der Waals surface area contributed by atoms with Crippen LogP contribution in [0, 0.1) is 0 Å². The van der Waals surface area contributed by atoms with E-state index in [-0.39, 0.29) is 0 Å². The van der Waals surface area contributed by atoms with Crippen LogP contribution >= 0.6 is 0 Å². The van der Waals surface area contributed by atoms with Crippen LogP contribution in [0.2, 0.25) is 0 Å². The van der Waals surface area contributed by atoms with Crippen LogP contribution in [0.4, 0.5) is 0 Å². The van der Waals surface area contributed by atoms with Crippen molar-refractivity contribution in [2.75, 3.05) is 0 Å². The molecule has 1 aromatic carbocycles. The Bertz CT molecular complexity index is 781. The Balaban J connectivity index is 2.39. The lowest BCUT2D eigenvalue weighted by atomic mass is 9.94. The summed E-state index contributed by atoms with van der Waals surface area (Å²) in [6, 6.07) is 11.0. The van der Waals surface area contributed by atoms with E-state index in [4.69, 9.17) is 0 Å². The molecule has 2 heteroatoms. The van der Waals surface area contributed by atoms with Gasteiger partial charge in [0.2, 0.25) is 0 Å². The third kappa shape index (κ3) is 2.35. The average Bonchev–Trinajstić information content (AvgIpc) is 2.91. The second-order valence-electron chi connectivity index (χ2n) is 5.95. The normalized spacial score (nSPS) is 11.5. The predicted molar refractivity (Wildman–Crippen MR) is 89.6 cm³/mol.